The van der Waals surface area contributed by atoms with Crippen LogP contribution in [0.4, 0.5) is 5.82 Å². The van der Waals surface area contributed by atoms with Crippen LogP contribution in [-0.2, 0) is 0 Å². The number of fused-ring (bicyclic) bond motifs is 1. The lowest BCUT2D eigenvalue weighted by Gasteiger charge is -2.08. The lowest BCUT2D eigenvalue weighted by atomic mass is 10.0. The van der Waals surface area contributed by atoms with Gasteiger partial charge in [-0.1, -0.05) is 37.6 Å². The van der Waals surface area contributed by atoms with Crippen LogP contribution in [0, 0.1) is 13.8 Å². The molecule has 0 radical (unpaired) electrons. The number of aromatic nitrogens is 2. The van der Waals surface area contributed by atoms with Gasteiger partial charge in [-0.2, -0.15) is 0 Å². The minimum atomic E-state index is 0.342. The Morgan fingerprint density at radius 1 is 1.25 bits per heavy atom. The van der Waals surface area contributed by atoms with E-state index in [2.05, 4.69) is 60.7 Å². The zero-order chi connectivity index (χ0) is 14.4. The summed E-state index contributed by atoms with van der Waals surface area (Å²) >= 11 is 1.65. The summed E-state index contributed by atoms with van der Waals surface area (Å²) in [4.78, 5) is 5.63. The van der Waals surface area contributed by atoms with Crippen molar-refractivity contribution in [1.29, 1.82) is 0 Å². The van der Waals surface area contributed by atoms with Crippen molar-refractivity contribution in [3.63, 3.8) is 0 Å². The Kier molecular flexibility index (Phi) is 3.05. The number of anilines is 1. The molecule has 0 aliphatic carbocycles. The predicted octanol–water partition coefficient (Wildman–Crippen LogP) is 4.39. The summed E-state index contributed by atoms with van der Waals surface area (Å²) < 4.78 is 2.08. The van der Waals surface area contributed by atoms with E-state index in [1.165, 1.54) is 16.7 Å². The number of thiazole rings is 1. The number of rotatable bonds is 2. The molecular weight excluding hydrogens is 266 g/mol. The first-order valence-electron chi connectivity index (χ1n) is 6.82. The van der Waals surface area contributed by atoms with Crippen molar-refractivity contribution in [2.75, 3.05) is 5.73 Å². The van der Waals surface area contributed by atoms with Crippen molar-refractivity contribution < 1.29 is 0 Å². The summed E-state index contributed by atoms with van der Waals surface area (Å²) in [5.41, 5.74) is 12.2. The fraction of sp³-hybridized carbons (Fsp3) is 0.312. The summed E-state index contributed by atoms with van der Waals surface area (Å²) in [5, 5.41) is 2.14. The fourth-order valence-electron chi connectivity index (χ4n) is 2.61. The molecule has 2 aromatic heterocycles. The quantitative estimate of drug-likeness (QED) is 0.759. The molecule has 3 nitrogen and oxygen atoms in total. The molecule has 0 saturated heterocycles. The Morgan fingerprint density at radius 2 is 2.00 bits per heavy atom. The average Bonchev–Trinajstić information content (AvgIpc) is 2.91. The summed E-state index contributed by atoms with van der Waals surface area (Å²) in [6.07, 6.45) is 0. The first kappa shape index (κ1) is 13.2. The molecule has 1 aromatic carbocycles. The molecule has 3 aromatic rings. The van der Waals surface area contributed by atoms with Gasteiger partial charge in [-0.15, -0.1) is 11.3 Å². The van der Waals surface area contributed by atoms with Gasteiger partial charge in [-0.25, -0.2) is 4.98 Å². The predicted molar refractivity (Wildman–Crippen MR) is 86.5 cm³/mol. The van der Waals surface area contributed by atoms with Crippen molar-refractivity contribution in [2.45, 2.75) is 33.6 Å². The molecule has 0 atom stereocenters. The standard InChI is InChI=1S/C16H19N3S/c1-9(2)14-15(17)19-13(8-20-16(19)18-14)12-6-5-10(3)7-11(12)4/h5-9H,17H2,1-4H3. The maximum absolute atomic E-state index is 6.31. The van der Waals surface area contributed by atoms with Crippen LogP contribution < -0.4 is 5.73 Å². The molecule has 0 fully saturated rings. The number of benzene rings is 1. The van der Waals surface area contributed by atoms with Gasteiger partial charge in [0.15, 0.2) is 4.96 Å². The molecule has 2 heterocycles. The van der Waals surface area contributed by atoms with Gasteiger partial charge in [0.25, 0.3) is 0 Å². The molecule has 2 N–H and O–H groups in total. The molecular formula is C16H19N3S. The first-order chi connectivity index (χ1) is 9.49. The molecule has 0 amide bonds. The van der Waals surface area contributed by atoms with E-state index in [-0.39, 0.29) is 0 Å². The van der Waals surface area contributed by atoms with Gasteiger partial charge in [0.05, 0.1) is 11.4 Å². The van der Waals surface area contributed by atoms with Gasteiger partial charge in [0.2, 0.25) is 0 Å². The van der Waals surface area contributed by atoms with E-state index < -0.39 is 0 Å². The van der Waals surface area contributed by atoms with Gasteiger partial charge in [0, 0.05) is 10.9 Å². The first-order valence-corrected chi connectivity index (χ1v) is 7.70. The molecule has 4 heteroatoms. The van der Waals surface area contributed by atoms with E-state index in [0.29, 0.717) is 5.92 Å². The van der Waals surface area contributed by atoms with Crippen LogP contribution in [0.1, 0.15) is 36.6 Å². The van der Waals surface area contributed by atoms with E-state index in [0.717, 1.165) is 22.2 Å². The summed E-state index contributed by atoms with van der Waals surface area (Å²) in [6, 6.07) is 6.51. The third-order valence-electron chi connectivity index (χ3n) is 3.63. The molecule has 104 valence electrons. The largest absolute Gasteiger partial charge is 0.383 e. The Hall–Kier alpha value is -1.81. The highest BCUT2D eigenvalue weighted by atomic mass is 32.1. The Bertz CT molecular complexity index is 780. The normalized spacial score (nSPS) is 11.7. The molecule has 3 rings (SSSR count). The van der Waals surface area contributed by atoms with Crippen LogP contribution in [0.5, 0.6) is 0 Å². The van der Waals surface area contributed by atoms with E-state index in [4.69, 9.17) is 5.73 Å². The van der Waals surface area contributed by atoms with E-state index in [9.17, 15) is 0 Å². The summed E-state index contributed by atoms with van der Waals surface area (Å²) in [6.45, 7) is 8.50. The minimum Gasteiger partial charge on any atom is -0.383 e. The molecule has 0 aliphatic heterocycles. The third kappa shape index (κ3) is 1.91. The Labute approximate surface area is 123 Å². The lowest BCUT2D eigenvalue weighted by molar-refractivity contribution is 0.838. The molecule has 0 aliphatic rings. The van der Waals surface area contributed by atoms with Crippen molar-refractivity contribution in [3.05, 3.63) is 40.4 Å². The van der Waals surface area contributed by atoms with Crippen molar-refractivity contribution in [3.8, 4) is 11.3 Å². The molecule has 0 bridgehead atoms. The van der Waals surface area contributed by atoms with Crippen LogP contribution >= 0.6 is 11.3 Å². The number of imidazole rings is 1. The SMILES string of the molecule is Cc1ccc(-c2csc3nc(C(C)C)c(N)n23)c(C)c1. The van der Waals surface area contributed by atoms with Gasteiger partial charge >= 0.3 is 0 Å². The topological polar surface area (TPSA) is 43.3 Å². The van der Waals surface area contributed by atoms with Crippen LogP contribution in [-0.4, -0.2) is 9.38 Å². The smallest absolute Gasteiger partial charge is 0.196 e. The van der Waals surface area contributed by atoms with Crippen LogP contribution in [0.2, 0.25) is 0 Å². The average molecular weight is 285 g/mol. The highest BCUT2D eigenvalue weighted by Crippen LogP contribution is 2.34. The second-order valence-electron chi connectivity index (χ2n) is 5.59. The number of aryl methyl sites for hydroxylation is 2. The zero-order valence-corrected chi connectivity index (χ0v) is 13.1. The minimum absolute atomic E-state index is 0.342. The molecule has 0 spiro atoms. The number of nitrogens with zero attached hydrogens (tertiary/aromatic N) is 2. The summed E-state index contributed by atoms with van der Waals surface area (Å²) in [7, 11) is 0. The lowest BCUT2D eigenvalue weighted by Crippen LogP contribution is -1.99. The van der Waals surface area contributed by atoms with Crippen molar-refractivity contribution in [1.82, 2.24) is 9.38 Å². The van der Waals surface area contributed by atoms with Crippen molar-refractivity contribution in [2.24, 2.45) is 0 Å². The van der Waals surface area contributed by atoms with E-state index in [1.807, 2.05) is 0 Å². The van der Waals surface area contributed by atoms with Gasteiger partial charge in [0.1, 0.15) is 5.82 Å². The van der Waals surface area contributed by atoms with Crippen LogP contribution in [0.3, 0.4) is 0 Å². The number of nitrogen functional groups attached to an aromatic ring is 1. The monoisotopic (exact) mass is 285 g/mol. The van der Waals surface area contributed by atoms with Crippen molar-refractivity contribution >= 4 is 22.1 Å². The second-order valence-corrected chi connectivity index (χ2v) is 6.43. The van der Waals surface area contributed by atoms with Crippen LogP contribution in [0.25, 0.3) is 16.2 Å². The fourth-order valence-corrected chi connectivity index (χ4v) is 3.51. The maximum Gasteiger partial charge on any atom is 0.196 e. The van der Waals surface area contributed by atoms with Gasteiger partial charge < -0.3 is 5.73 Å². The second kappa shape index (κ2) is 4.63. The Balaban J connectivity index is 2.26. The molecule has 0 saturated carbocycles. The third-order valence-corrected chi connectivity index (χ3v) is 4.46. The number of nitrogens with two attached hydrogens (primary N) is 1. The summed E-state index contributed by atoms with van der Waals surface area (Å²) in [5.74, 6) is 1.11. The van der Waals surface area contributed by atoms with Crippen LogP contribution in [0.15, 0.2) is 23.6 Å². The highest BCUT2D eigenvalue weighted by molar-refractivity contribution is 7.15. The van der Waals surface area contributed by atoms with Gasteiger partial charge in [-0.05, 0) is 25.3 Å². The highest BCUT2D eigenvalue weighted by Gasteiger charge is 2.18. The molecule has 0 unspecified atom stereocenters. The number of hydrogen-bond donors (Lipinski definition) is 1. The van der Waals surface area contributed by atoms with E-state index in [1.54, 1.807) is 11.3 Å². The zero-order valence-electron chi connectivity index (χ0n) is 12.3. The van der Waals surface area contributed by atoms with Gasteiger partial charge in [-0.3, -0.25) is 4.40 Å². The van der Waals surface area contributed by atoms with E-state index >= 15 is 0 Å². The Morgan fingerprint density at radius 3 is 2.65 bits per heavy atom. The maximum atomic E-state index is 6.31. The number of hydrogen-bond acceptors (Lipinski definition) is 3. The molecule has 20 heavy (non-hydrogen) atoms.